The van der Waals surface area contributed by atoms with Gasteiger partial charge in [-0.15, -0.1) is 0 Å². The molecule has 0 fully saturated rings. The first kappa shape index (κ1) is 13.2. The minimum atomic E-state index is -3.21. The van der Waals surface area contributed by atoms with Crippen LogP contribution in [0, 0.1) is 0 Å². The molecule has 1 aromatic rings. The Kier molecular flexibility index (Phi) is 4.11. The number of sulfonamides is 1. The third-order valence-electron chi connectivity index (χ3n) is 2.95. The van der Waals surface area contributed by atoms with Crippen LogP contribution in [0.5, 0.6) is 5.75 Å². The van der Waals surface area contributed by atoms with Crippen molar-refractivity contribution in [2.75, 3.05) is 17.1 Å². The van der Waals surface area contributed by atoms with E-state index in [-0.39, 0.29) is 5.75 Å². The van der Waals surface area contributed by atoms with Gasteiger partial charge in [-0.3, -0.25) is 4.72 Å². The van der Waals surface area contributed by atoms with E-state index in [1.165, 1.54) is 0 Å². The third kappa shape index (κ3) is 3.38. The van der Waals surface area contributed by atoms with Crippen molar-refractivity contribution in [1.82, 2.24) is 0 Å². The van der Waals surface area contributed by atoms with E-state index >= 15 is 0 Å². The molecule has 0 amide bonds. The van der Waals surface area contributed by atoms with Crippen LogP contribution in [0.15, 0.2) is 18.2 Å². The molecule has 0 aromatic heterocycles. The van der Waals surface area contributed by atoms with Crippen molar-refractivity contribution in [1.29, 1.82) is 0 Å². The molecule has 1 aliphatic rings. The van der Waals surface area contributed by atoms with Gasteiger partial charge >= 0.3 is 0 Å². The molecule has 1 aliphatic heterocycles. The molecule has 0 saturated heterocycles. The van der Waals surface area contributed by atoms with Gasteiger partial charge in [0.15, 0.2) is 0 Å². The summed E-state index contributed by atoms with van der Waals surface area (Å²) in [6, 6.07) is 5.47. The molecule has 0 bridgehead atoms. The average molecular weight is 269 g/mol. The molecule has 1 N–H and O–H groups in total. The van der Waals surface area contributed by atoms with Crippen LogP contribution in [-0.2, 0) is 16.4 Å². The summed E-state index contributed by atoms with van der Waals surface area (Å²) < 4.78 is 31.7. The van der Waals surface area contributed by atoms with E-state index in [9.17, 15) is 8.42 Å². The monoisotopic (exact) mass is 269 g/mol. The Morgan fingerprint density at radius 1 is 1.39 bits per heavy atom. The second-order valence-electron chi connectivity index (χ2n) is 4.55. The van der Waals surface area contributed by atoms with Gasteiger partial charge in [0, 0.05) is 5.69 Å². The zero-order valence-electron chi connectivity index (χ0n) is 10.6. The van der Waals surface area contributed by atoms with Gasteiger partial charge in [-0.25, -0.2) is 8.42 Å². The van der Waals surface area contributed by atoms with Crippen molar-refractivity contribution < 1.29 is 13.2 Å². The number of hydrogen-bond donors (Lipinski definition) is 1. The summed E-state index contributed by atoms with van der Waals surface area (Å²) in [7, 11) is -3.21. The van der Waals surface area contributed by atoms with E-state index in [4.69, 9.17) is 4.74 Å². The van der Waals surface area contributed by atoms with Gasteiger partial charge in [-0.1, -0.05) is 13.3 Å². The number of hydrogen-bond acceptors (Lipinski definition) is 3. The van der Waals surface area contributed by atoms with Crippen LogP contribution in [0.25, 0.3) is 0 Å². The van der Waals surface area contributed by atoms with Crippen LogP contribution in [-0.4, -0.2) is 20.8 Å². The zero-order chi connectivity index (χ0) is 13.0. The van der Waals surface area contributed by atoms with Crippen LogP contribution in [0.1, 0.15) is 31.7 Å². The van der Waals surface area contributed by atoms with Gasteiger partial charge in [-0.2, -0.15) is 0 Å². The fourth-order valence-corrected chi connectivity index (χ4v) is 3.25. The molecule has 1 aromatic carbocycles. The predicted octanol–water partition coefficient (Wildman–Crippen LogP) is 2.55. The SMILES string of the molecule is CCCCS(=O)(=O)Nc1ccc2c(c1)CCCO2. The molecule has 0 radical (unpaired) electrons. The molecular formula is C13H19NO3S. The summed E-state index contributed by atoms with van der Waals surface area (Å²) in [6.07, 6.45) is 3.49. The Labute approximate surface area is 108 Å². The van der Waals surface area contributed by atoms with Crippen LogP contribution >= 0.6 is 0 Å². The largest absolute Gasteiger partial charge is 0.493 e. The van der Waals surface area contributed by atoms with Crippen LogP contribution in [0.3, 0.4) is 0 Å². The molecule has 0 spiro atoms. The number of nitrogens with one attached hydrogen (secondary N) is 1. The molecule has 0 aliphatic carbocycles. The predicted molar refractivity (Wildman–Crippen MR) is 72.6 cm³/mol. The summed E-state index contributed by atoms with van der Waals surface area (Å²) in [4.78, 5) is 0. The standard InChI is InChI=1S/C13H19NO3S/c1-2-3-9-18(15,16)14-12-6-7-13-11(10-12)5-4-8-17-13/h6-7,10,14H,2-5,8-9H2,1H3. The fraction of sp³-hybridized carbons (Fsp3) is 0.538. The van der Waals surface area contributed by atoms with Gasteiger partial charge in [0.05, 0.1) is 12.4 Å². The lowest BCUT2D eigenvalue weighted by molar-refractivity contribution is 0.288. The van der Waals surface area contributed by atoms with Gasteiger partial charge < -0.3 is 4.74 Å². The number of ether oxygens (including phenoxy) is 1. The second-order valence-corrected chi connectivity index (χ2v) is 6.39. The summed E-state index contributed by atoms with van der Waals surface area (Å²) >= 11 is 0. The first-order valence-electron chi connectivity index (χ1n) is 6.37. The quantitative estimate of drug-likeness (QED) is 0.893. The minimum Gasteiger partial charge on any atom is -0.493 e. The molecule has 0 saturated carbocycles. The molecule has 1 heterocycles. The highest BCUT2D eigenvalue weighted by Gasteiger charge is 2.13. The maximum Gasteiger partial charge on any atom is 0.232 e. The molecule has 0 atom stereocenters. The number of benzene rings is 1. The van der Waals surface area contributed by atoms with Gasteiger partial charge in [-0.05, 0) is 43.0 Å². The van der Waals surface area contributed by atoms with Crippen molar-refractivity contribution in [3.8, 4) is 5.75 Å². The fourth-order valence-electron chi connectivity index (χ4n) is 1.99. The number of anilines is 1. The maximum absolute atomic E-state index is 11.8. The van der Waals surface area contributed by atoms with Crippen LogP contribution < -0.4 is 9.46 Å². The van der Waals surface area contributed by atoms with Crippen molar-refractivity contribution in [2.45, 2.75) is 32.6 Å². The summed E-state index contributed by atoms with van der Waals surface area (Å²) in [5, 5.41) is 0. The molecule has 100 valence electrons. The summed E-state index contributed by atoms with van der Waals surface area (Å²) in [6.45, 7) is 2.72. The van der Waals surface area contributed by atoms with Gasteiger partial charge in [0.25, 0.3) is 0 Å². The second kappa shape index (κ2) is 5.61. The number of aryl methyl sites for hydroxylation is 1. The normalized spacial score (nSPS) is 14.7. The Morgan fingerprint density at radius 2 is 2.22 bits per heavy atom. The molecule has 4 nitrogen and oxygen atoms in total. The highest BCUT2D eigenvalue weighted by Crippen LogP contribution is 2.27. The maximum atomic E-state index is 11.8. The molecule has 2 rings (SSSR count). The van der Waals surface area contributed by atoms with Crippen molar-refractivity contribution >= 4 is 15.7 Å². The Bertz CT molecular complexity index is 511. The van der Waals surface area contributed by atoms with Crippen molar-refractivity contribution in [3.63, 3.8) is 0 Å². The Balaban J connectivity index is 2.10. The highest BCUT2D eigenvalue weighted by atomic mass is 32.2. The Morgan fingerprint density at radius 3 is 3.00 bits per heavy atom. The van der Waals surface area contributed by atoms with Crippen molar-refractivity contribution in [3.05, 3.63) is 23.8 Å². The van der Waals surface area contributed by atoms with Crippen LogP contribution in [0.4, 0.5) is 5.69 Å². The number of rotatable bonds is 5. The molecule has 5 heteroatoms. The van der Waals surface area contributed by atoms with E-state index in [0.29, 0.717) is 12.1 Å². The zero-order valence-corrected chi connectivity index (χ0v) is 11.4. The van der Waals surface area contributed by atoms with E-state index in [1.54, 1.807) is 6.07 Å². The van der Waals surface area contributed by atoms with Gasteiger partial charge in [0.1, 0.15) is 5.75 Å². The molecule has 18 heavy (non-hydrogen) atoms. The first-order valence-corrected chi connectivity index (χ1v) is 8.02. The van der Waals surface area contributed by atoms with Crippen LogP contribution in [0.2, 0.25) is 0 Å². The van der Waals surface area contributed by atoms with E-state index in [1.807, 2.05) is 19.1 Å². The number of unbranched alkanes of at least 4 members (excludes halogenated alkanes) is 1. The van der Waals surface area contributed by atoms with E-state index < -0.39 is 10.0 Å². The lowest BCUT2D eigenvalue weighted by Gasteiger charge is -2.18. The molecular weight excluding hydrogens is 250 g/mol. The van der Waals surface area contributed by atoms with E-state index in [0.717, 1.165) is 37.2 Å². The number of fused-ring (bicyclic) bond motifs is 1. The summed E-state index contributed by atoms with van der Waals surface area (Å²) in [5.74, 6) is 1.05. The highest BCUT2D eigenvalue weighted by molar-refractivity contribution is 7.92. The summed E-state index contributed by atoms with van der Waals surface area (Å²) in [5.41, 5.74) is 1.72. The smallest absolute Gasteiger partial charge is 0.232 e. The Hall–Kier alpha value is -1.23. The van der Waals surface area contributed by atoms with Gasteiger partial charge in [0.2, 0.25) is 10.0 Å². The van der Waals surface area contributed by atoms with Crippen molar-refractivity contribution in [2.24, 2.45) is 0 Å². The lowest BCUT2D eigenvalue weighted by Crippen LogP contribution is -2.17. The average Bonchev–Trinajstić information content (AvgIpc) is 2.36. The lowest BCUT2D eigenvalue weighted by atomic mass is 10.1. The topological polar surface area (TPSA) is 55.4 Å². The first-order chi connectivity index (χ1) is 8.61. The minimum absolute atomic E-state index is 0.178. The third-order valence-corrected chi connectivity index (χ3v) is 4.32. The van der Waals surface area contributed by atoms with E-state index in [2.05, 4.69) is 4.72 Å². The molecule has 0 unspecified atom stereocenters.